The van der Waals surface area contributed by atoms with Crippen molar-refractivity contribution in [2.45, 2.75) is 77.6 Å². The Morgan fingerprint density at radius 1 is 1.12 bits per heavy atom. The van der Waals surface area contributed by atoms with Gasteiger partial charge in [-0.15, -0.1) is 0 Å². The number of piperazine rings is 1. The number of rotatable bonds is 3. The number of amides is 1. The van der Waals surface area contributed by atoms with Gasteiger partial charge in [0, 0.05) is 37.4 Å². The van der Waals surface area contributed by atoms with Crippen molar-refractivity contribution < 1.29 is 32.5 Å². The molecule has 1 aromatic carbocycles. The summed E-state index contributed by atoms with van der Waals surface area (Å²) in [7, 11) is 0. The number of nitrogens with zero attached hydrogens (tertiary/aromatic N) is 6. The van der Waals surface area contributed by atoms with Gasteiger partial charge in [0.1, 0.15) is 47.5 Å². The van der Waals surface area contributed by atoms with Gasteiger partial charge >= 0.3 is 11.8 Å². The lowest BCUT2D eigenvalue weighted by Gasteiger charge is -2.41. The number of hydrogen-bond donors (Lipinski definition) is 0. The molecule has 3 aromatic heterocycles. The van der Waals surface area contributed by atoms with E-state index in [9.17, 15) is 9.59 Å². The second-order valence-corrected chi connectivity index (χ2v) is 14.3. The van der Waals surface area contributed by atoms with E-state index in [1.807, 2.05) is 25.7 Å². The maximum atomic E-state index is 16.5. The molecule has 3 unspecified atom stereocenters. The lowest BCUT2D eigenvalue weighted by Crippen LogP contribution is -2.55. The summed E-state index contributed by atoms with van der Waals surface area (Å²) in [5, 5.41) is 0.206. The summed E-state index contributed by atoms with van der Waals surface area (Å²) in [6, 6.07) is 6.79. The topological polar surface area (TPSA) is 121 Å². The molecule has 2 saturated heterocycles. The van der Waals surface area contributed by atoms with Crippen LogP contribution in [-0.4, -0.2) is 80.8 Å². The van der Waals surface area contributed by atoms with Gasteiger partial charge in [-0.3, -0.25) is 4.98 Å². The zero-order valence-corrected chi connectivity index (χ0v) is 29.4. The summed E-state index contributed by atoms with van der Waals surface area (Å²) in [6.07, 6.45) is 0.368. The number of benzene rings is 1. The van der Waals surface area contributed by atoms with E-state index in [0.717, 1.165) is 0 Å². The molecular weight excluding hydrogens is 662 g/mol. The molecule has 0 N–H and O–H groups in total. The molecule has 0 spiro atoms. The molecule has 12 nitrogen and oxygen atoms in total. The van der Waals surface area contributed by atoms with Gasteiger partial charge in [0.2, 0.25) is 0 Å². The number of halogens is 2. The van der Waals surface area contributed by atoms with Crippen LogP contribution in [0.4, 0.5) is 19.4 Å². The first-order valence-electron chi connectivity index (χ1n) is 17.0. The molecule has 2 bridgehead atoms. The summed E-state index contributed by atoms with van der Waals surface area (Å²) < 4.78 is 57.7. The molecule has 3 aliphatic heterocycles. The lowest BCUT2D eigenvalue weighted by atomic mass is 9.97. The Labute approximate surface area is 293 Å². The minimum atomic E-state index is -0.844. The minimum Gasteiger partial charge on any atom is -0.490 e. The molecule has 0 aliphatic carbocycles. The first kappa shape index (κ1) is 34.5. The predicted octanol–water partition coefficient (Wildman–Crippen LogP) is 6.05. The minimum absolute atomic E-state index is 0.0323. The number of ether oxygens (including phenoxy) is 4. The Morgan fingerprint density at radius 3 is 2.61 bits per heavy atom. The molecule has 4 aromatic rings. The largest absolute Gasteiger partial charge is 0.490 e. The third-order valence-electron chi connectivity index (χ3n) is 9.15. The number of aromatic nitrogens is 4. The second kappa shape index (κ2) is 13.0. The highest BCUT2D eigenvalue weighted by atomic mass is 19.1. The Balaban J connectivity index is 1.49. The molecule has 7 rings (SSSR count). The van der Waals surface area contributed by atoms with E-state index in [4.69, 9.17) is 23.9 Å². The fourth-order valence-electron chi connectivity index (χ4n) is 6.89. The number of carbonyl (C=O) groups is 1. The molecule has 0 saturated carbocycles. The summed E-state index contributed by atoms with van der Waals surface area (Å²) in [6.45, 7) is 15.7. The summed E-state index contributed by atoms with van der Waals surface area (Å²) >= 11 is 0. The molecule has 3 aliphatic rings. The molecule has 268 valence electrons. The van der Waals surface area contributed by atoms with Crippen molar-refractivity contribution in [3.8, 4) is 22.7 Å². The van der Waals surface area contributed by atoms with E-state index in [1.165, 1.54) is 34.9 Å². The number of pyridine rings is 2. The normalized spacial score (nSPS) is 21.7. The third kappa shape index (κ3) is 6.20. The fourth-order valence-corrected chi connectivity index (χ4v) is 6.89. The van der Waals surface area contributed by atoms with Crippen molar-refractivity contribution in [1.29, 1.82) is 0 Å². The van der Waals surface area contributed by atoms with E-state index in [0.29, 0.717) is 16.9 Å². The van der Waals surface area contributed by atoms with E-state index in [1.54, 1.807) is 37.9 Å². The highest BCUT2D eigenvalue weighted by molar-refractivity contribution is 5.91. The van der Waals surface area contributed by atoms with Gasteiger partial charge in [0.15, 0.2) is 17.8 Å². The third-order valence-corrected chi connectivity index (χ3v) is 9.15. The Kier molecular flexibility index (Phi) is 8.78. The van der Waals surface area contributed by atoms with E-state index in [2.05, 4.69) is 16.5 Å². The lowest BCUT2D eigenvalue weighted by molar-refractivity contribution is -0.0331. The van der Waals surface area contributed by atoms with Crippen molar-refractivity contribution in [1.82, 2.24) is 24.4 Å². The van der Waals surface area contributed by atoms with E-state index < -0.39 is 47.5 Å². The van der Waals surface area contributed by atoms with Crippen LogP contribution in [0, 0.1) is 11.6 Å². The van der Waals surface area contributed by atoms with Crippen molar-refractivity contribution in [3.05, 3.63) is 82.6 Å². The monoisotopic (exact) mass is 702 g/mol. The van der Waals surface area contributed by atoms with Gasteiger partial charge < -0.3 is 28.7 Å². The van der Waals surface area contributed by atoms with E-state index >= 15 is 8.78 Å². The van der Waals surface area contributed by atoms with Gasteiger partial charge in [-0.25, -0.2) is 27.9 Å². The van der Waals surface area contributed by atoms with Crippen molar-refractivity contribution in [2.75, 3.05) is 31.1 Å². The van der Waals surface area contributed by atoms with Gasteiger partial charge in [-0.1, -0.05) is 26.5 Å². The number of anilines is 1. The Morgan fingerprint density at radius 2 is 1.90 bits per heavy atom. The van der Waals surface area contributed by atoms with Crippen LogP contribution in [0.2, 0.25) is 0 Å². The summed E-state index contributed by atoms with van der Waals surface area (Å²) in [5.41, 5.74) is -0.462. The number of hydrogen-bond acceptors (Lipinski definition) is 10. The zero-order valence-electron chi connectivity index (χ0n) is 29.4. The molecule has 6 heterocycles. The summed E-state index contributed by atoms with van der Waals surface area (Å²) in [5.74, 6) is -1.58. The maximum Gasteiger partial charge on any atom is 0.410 e. The van der Waals surface area contributed by atoms with Crippen LogP contribution in [0.15, 0.2) is 54.0 Å². The molecular formula is C37H40F2N6O6. The zero-order chi connectivity index (χ0) is 36.4. The van der Waals surface area contributed by atoms with Crippen LogP contribution >= 0.6 is 0 Å². The van der Waals surface area contributed by atoms with Crippen molar-refractivity contribution in [3.63, 3.8) is 0 Å². The molecule has 2 fully saturated rings. The van der Waals surface area contributed by atoms with Gasteiger partial charge in [-0.2, -0.15) is 4.98 Å². The van der Waals surface area contributed by atoms with Crippen LogP contribution in [0.3, 0.4) is 0 Å². The molecule has 4 atom stereocenters. The Hall–Kier alpha value is -4.95. The van der Waals surface area contributed by atoms with Crippen LogP contribution in [-0.2, 0) is 14.2 Å². The molecule has 0 radical (unpaired) electrons. The van der Waals surface area contributed by atoms with Gasteiger partial charge in [0.05, 0.1) is 22.3 Å². The second-order valence-electron chi connectivity index (χ2n) is 14.3. The summed E-state index contributed by atoms with van der Waals surface area (Å²) in [4.78, 5) is 44.9. The highest BCUT2D eigenvalue weighted by Gasteiger charge is 2.41. The van der Waals surface area contributed by atoms with Crippen LogP contribution < -0.4 is 15.3 Å². The fraction of sp³-hybridized carbons (Fsp3) is 0.432. The average molecular weight is 703 g/mol. The van der Waals surface area contributed by atoms with Crippen LogP contribution in [0.25, 0.3) is 28.0 Å². The number of carbonyl (C=O) groups excluding carboxylic acids is 1. The quantitative estimate of drug-likeness (QED) is 0.233. The van der Waals surface area contributed by atoms with E-state index in [-0.39, 0.29) is 72.1 Å². The van der Waals surface area contributed by atoms with Crippen LogP contribution in [0.1, 0.15) is 64.8 Å². The van der Waals surface area contributed by atoms with Gasteiger partial charge in [-0.05, 0) is 64.0 Å². The molecule has 14 heteroatoms. The van der Waals surface area contributed by atoms with Crippen molar-refractivity contribution >= 4 is 22.9 Å². The van der Waals surface area contributed by atoms with Crippen LogP contribution in [0.5, 0.6) is 5.75 Å². The number of fused-ring (bicyclic) bond motifs is 7. The smallest absolute Gasteiger partial charge is 0.410 e. The molecule has 51 heavy (non-hydrogen) atoms. The first-order chi connectivity index (χ1) is 24.3. The average Bonchev–Trinajstić information content (AvgIpc) is 3.49. The standard InChI is InChI=1S/C37H40F2N6O6/c1-8-27-49-26-18-48-25-11-9-10-23(38)28(25)30-24(39)16-22-33(44-15-14-43(17-20(44)4)36(47)51-37(5,6)7)42-35(46)45(34(22)41-30)31-21(32(26)50-27)12-13-40-29(31)19(2)3/h8-13,16,19-20,26-27,32H,1,14-15,17-18H2,2-7H3/t20-,26?,27?,32?/m0/s1. The first-order valence-corrected chi connectivity index (χ1v) is 17.0. The maximum absolute atomic E-state index is 16.5. The molecule has 1 amide bonds. The van der Waals surface area contributed by atoms with Gasteiger partial charge in [0.25, 0.3) is 0 Å². The highest BCUT2D eigenvalue weighted by Crippen LogP contribution is 2.42. The SMILES string of the molecule is C=CC1OC2COc3cccc(F)c3-c3nc4c(cc3F)c(N3CCN(C(=O)OC(C)(C)C)C[C@@H]3C)nc(=O)n4-c3c(ccnc3C(C)C)C2O1. The Bertz CT molecular complexity index is 2100. The van der Waals surface area contributed by atoms with Crippen molar-refractivity contribution in [2.24, 2.45) is 0 Å². The predicted molar refractivity (Wildman–Crippen MR) is 185 cm³/mol.